The van der Waals surface area contributed by atoms with Gasteiger partial charge < -0.3 is 15.6 Å². The summed E-state index contributed by atoms with van der Waals surface area (Å²) in [5.74, 6) is 0. The van der Waals surface area contributed by atoms with Crippen LogP contribution in [-0.4, -0.2) is 5.71 Å². The van der Waals surface area contributed by atoms with Crippen molar-refractivity contribution >= 4 is 40.2 Å². The third-order valence-corrected chi connectivity index (χ3v) is 9.10. The number of hydrogen-bond acceptors (Lipinski definition) is 3. The van der Waals surface area contributed by atoms with Crippen LogP contribution in [0.25, 0.3) is 39.7 Å². The highest BCUT2D eigenvalue weighted by Crippen LogP contribution is 2.43. The number of allylic oxidation sites excluding steroid dienone is 1. The van der Waals surface area contributed by atoms with E-state index in [1.165, 1.54) is 22.3 Å². The number of benzene rings is 7. The first-order chi connectivity index (χ1) is 24.7. The molecule has 0 unspecified atom stereocenters. The van der Waals surface area contributed by atoms with Gasteiger partial charge in [0, 0.05) is 33.9 Å². The number of nitrogens with zero attached hydrogens (tertiary/aromatic N) is 1. The summed E-state index contributed by atoms with van der Waals surface area (Å²) in [5, 5.41) is 12.7. The Hall–Kier alpha value is -6.71. The third-order valence-electron chi connectivity index (χ3n) is 9.10. The van der Waals surface area contributed by atoms with Gasteiger partial charge >= 0.3 is 0 Å². The fourth-order valence-electron chi connectivity index (χ4n) is 6.55. The van der Waals surface area contributed by atoms with E-state index in [0.717, 1.165) is 50.7 Å². The smallest absolute Gasteiger partial charge is 0.0633 e. The normalized spacial score (nSPS) is 12.8. The molecule has 0 saturated heterocycles. The van der Waals surface area contributed by atoms with Crippen molar-refractivity contribution in [2.45, 2.75) is 0 Å². The van der Waals surface area contributed by atoms with Gasteiger partial charge in [0.15, 0.2) is 0 Å². The lowest BCUT2D eigenvalue weighted by Gasteiger charge is -2.31. The average molecular weight is 642 g/mol. The maximum atomic E-state index is 9.02. The maximum Gasteiger partial charge on any atom is 0.0633 e. The summed E-state index contributed by atoms with van der Waals surface area (Å²) < 4.78 is 0. The highest BCUT2D eigenvalue weighted by atomic mass is 15.1. The van der Waals surface area contributed by atoms with E-state index >= 15 is 0 Å². The SMILES string of the molecule is N=C(/C=C1\NC(c2ccccc2)=Cc2c1cccc2N(c1ccc(-c2ccccc2)cc1)c1ccc(-c2ccccc2)cc1)c1ccccc1. The quantitative estimate of drug-likeness (QED) is 0.162. The minimum Gasteiger partial charge on any atom is -0.354 e. The molecule has 0 aliphatic carbocycles. The van der Waals surface area contributed by atoms with Crippen LogP contribution in [-0.2, 0) is 0 Å². The van der Waals surface area contributed by atoms with Crippen molar-refractivity contribution in [1.82, 2.24) is 5.32 Å². The van der Waals surface area contributed by atoms with Crippen molar-refractivity contribution in [2.75, 3.05) is 4.90 Å². The fourth-order valence-corrected chi connectivity index (χ4v) is 6.55. The Morgan fingerprint density at radius 2 is 0.920 bits per heavy atom. The van der Waals surface area contributed by atoms with Crippen LogP contribution in [0.4, 0.5) is 17.1 Å². The van der Waals surface area contributed by atoms with E-state index in [-0.39, 0.29) is 0 Å². The lowest BCUT2D eigenvalue weighted by molar-refractivity contribution is 1.20. The molecule has 2 N–H and O–H groups in total. The fraction of sp³-hybridized carbons (Fsp3) is 0. The van der Waals surface area contributed by atoms with Crippen LogP contribution in [0.1, 0.15) is 22.3 Å². The second-order valence-electron chi connectivity index (χ2n) is 12.3. The first-order valence-corrected chi connectivity index (χ1v) is 16.9. The summed E-state index contributed by atoms with van der Waals surface area (Å²) in [5.41, 5.74) is 14.3. The molecule has 0 fully saturated rings. The van der Waals surface area contributed by atoms with Crippen LogP contribution >= 0.6 is 0 Å². The van der Waals surface area contributed by atoms with Crippen molar-refractivity contribution in [3.63, 3.8) is 0 Å². The molecule has 3 nitrogen and oxygen atoms in total. The Kier molecular flexibility index (Phi) is 8.45. The first-order valence-electron chi connectivity index (χ1n) is 16.9. The minimum absolute atomic E-state index is 0.448. The zero-order valence-corrected chi connectivity index (χ0v) is 27.5. The van der Waals surface area contributed by atoms with E-state index in [0.29, 0.717) is 5.71 Å². The predicted octanol–water partition coefficient (Wildman–Crippen LogP) is 12.0. The van der Waals surface area contributed by atoms with Crippen molar-refractivity contribution < 1.29 is 0 Å². The van der Waals surface area contributed by atoms with Crippen LogP contribution < -0.4 is 10.2 Å². The van der Waals surface area contributed by atoms with Gasteiger partial charge in [0.2, 0.25) is 0 Å². The molecule has 0 saturated carbocycles. The van der Waals surface area contributed by atoms with Crippen molar-refractivity contribution in [3.05, 3.63) is 216 Å². The van der Waals surface area contributed by atoms with Gasteiger partial charge in [0.1, 0.15) is 0 Å². The zero-order chi connectivity index (χ0) is 33.7. The Morgan fingerprint density at radius 1 is 0.460 bits per heavy atom. The molecule has 1 aliphatic rings. The van der Waals surface area contributed by atoms with Crippen LogP contribution in [0.2, 0.25) is 0 Å². The molecule has 0 radical (unpaired) electrons. The molecule has 50 heavy (non-hydrogen) atoms. The van der Waals surface area contributed by atoms with E-state index in [9.17, 15) is 0 Å². The number of nitrogens with one attached hydrogen (secondary N) is 2. The lowest BCUT2D eigenvalue weighted by Crippen LogP contribution is -2.20. The Morgan fingerprint density at radius 3 is 1.44 bits per heavy atom. The lowest BCUT2D eigenvalue weighted by atomic mass is 9.93. The van der Waals surface area contributed by atoms with E-state index in [1.54, 1.807) is 0 Å². The molecule has 7 aromatic rings. The molecule has 8 rings (SSSR count). The molecule has 1 aliphatic heterocycles. The maximum absolute atomic E-state index is 9.02. The van der Waals surface area contributed by atoms with Gasteiger partial charge in [0.25, 0.3) is 0 Å². The van der Waals surface area contributed by atoms with E-state index in [4.69, 9.17) is 5.41 Å². The molecule has 0 amide bonds. The Labute approximate surface area is 293 Å². The summed E-state index contributed by atoms with van der Waals surface area (Å²) in [6, 6.07) is 65.3. The molecular formula is C47H35N3. The minimum atomic E-state index is 0.448. The molecule has 0 spiro atoms. The second kappa shape index (κ2) is 13.8. The van der Waals surface area contributed by atoms with Crippen molar-refractivity contribution in [1.29, 1.82) is 5.41 Å². The molecule has 0 atom stereocenters. The van der Waals surface area contributed by atoms with Crippen LogP contribution in [0, 0.1) is 5.41 Å². The molecule has 1 heterocycles. The van der Waals surface area contributed by atoms with E-state index < -0.39 is 0 Å². The number of hydrogen-bond donors (Lipinski definition) is 2. The molecule has 238 valence electrons. The largest absolute Gasteiger partial charge is 0.354 e. The van der Waals surface area contributed by atoms with Crippen LogP contribution in [0.5, 0.6) is 0 Å². The standard InChI is InChI=1S/C47H35N3/c48-44(38-18-9-3-10-19-38)33-46-42-22-13-23-47(43(42)32-45(49-46)39-20-11-4-12-21-39)50(40-28-24-36(25-29-40)34-14-5-1-6-15-34)41-30-26-37(27-31-41)35-16-7-2-8-17-35/h1-33,48-49H/b46-33-,48-44?. The molecule has 7 aromatic carbocycles. The summed E-state index contributed by atoms with van der Waals surface area (Å²) in [4.78, 5) is 2.34. The van der Waals surface area contributed by atoms with Gasteiger partial charge in [-0.1, -0.05) is 158 Å². The van der Waals surface area contributed by atoms with E-state index in [1.807, 2.05) is 54.6 Å². The van der Waals surface area contributed by atoms with Crippen LogP contribution in [0.3, 0.4) is 0 Å². The number of fused-ring (bicyclic) bond motifs is 1. The van der Waals surface area contributed by atoms with Gasteiger partial charge in [-0.2, -0.15) is 0 Å². The molecule has 0 aromatic heterocycles. The molecular weight excluding hydrogens is 607 g/mol. The Balaban J connectivity index is 1.30. The third kappa shape index (κ3) is 6.28. The molecule has 0 bridgehead atoms. The molecule has 3 heteroatoms. The summed E-state index contributed by atoms with van der Waals surface area (Å²) in [6.07, 6.45) is 4.19. The highest BCUT2D eigenvalue weighted by Gasteiger charge is 2.24. The van der Waals surface area contributed by atoms with Crippen LogP contribution in [0.15, 0.2) is 194 Å². The average Bonchev–Trinajstić information content (AvgIpc) is 3.20. The first kappa shape index (κ1) is 30.6. The van der Waals surface area contributed by atoms with E-state index in [2.05, 4.69) is 156 Å². The van der Waals surface area contributed by atoms with Gasteiger partial charge in [-0.25, -0.2) is 0 Å². The Bertz CT molecular complexity index is 2220. The zero-order valence-electron chi connectivity index (χ0n) is 27.5. The number of anilines is 3. The summed E-state index contributed by atoms with van der Waals surface area (Å²) in [6.45, 7) is 0. The monoisotopic (exact) mass is 641 g/mol. The highest BCUT2D eigenvalue weighted by molar-refractivity contribution is 6.12. The van der Waals surface area contributed by atoms with Crippen molar-refractivity contribution in [2.24, 2.45) is 0 Å². The number of rotatable bonds is 8. The second-order valence-corrected chi connectivity index (χ2v) is 12.3. The van der Waals surface area contributed by atoms with Gasteiger partial charge in [0.05, 0.1) is 11.4 Å². The van der Waals surface area contributed by atoms with Crippen molar-refractivity contribution in [3.8, 4) is 22.3 Å². The summed E-state index contributed by atoms with van der Waals surface area (Å²) >= 11 is 0. The van der Waals surface area contributed by atoms with Gasteiger partial charge in [-0.3, -0.25) is 0 Å². The van der Waals surface area contributed by atoms with Gasteiger partial charge in [-0.15, -0.1) is 0 Å². The summed E-state index contributed by atoms with van der Waals surface area (Å²) in [7, 11) is 0. The topological polar surface area (TPSA) is 39.1 Å². The van der Waals surface area contributed by atoms with Gasteiger partial charge in [-0.05, 0) is 75.9 Å². The predicted molar refractivity (Wildman–Crippen MR) is 211 cm³/mol.